The van der Waals surface area contributed by atoms with E-state index in [-0.39, 0.29) is 6.04 Å². The van der Waals surface area contributed by atoms with E-state index in [4.69, 9.17) is 5.73 Å². The molecule has 0 spiro atoms. The molecule has 0 saturated carbocycles. The number of hydrogen-bond donors (Lipinski definition) is 3. The molecule has 2 atom stereocenters. The van der Waals surface area contributed by atoms with Gasteiger partial charge < -0.3 is 16.2 Å². The largest absolute Gasteiger partial charge is 0.392 e. The molecule has 96 valence electrons. The van der Waals surface area contributed by atoms with Crippen molar-refractivity contribution in [3.63, 3.8) is 0 Å². The molecule has 1 aromatic heterocycles. The maximum absolute atomic E-state index is 9.30. The van der Waals surface area contributed by atoms with E-state index < -0.39 is 6.10 Å². The zero-order chi connectivity index (χ0) is 13.0. The minimum absolute atomic E-state index is 0.292. The first-order valence-corrected chi connectivity index (χ1v) is 5.93. The molecule has 1 heterocycles. The summed E-state index contributed by atoms with van der Waals surface area (Å²) in [7, 11) is 0. The third kappa shape index (κ3) is 4.28. The fourth-order valence-corrected chi connectivity index (χ4v) is 1.33. The van der Waals surface area contributed by atoms with E-state index in [1.165, 1.54) is 0 Å². The molecule has 0 saturated heterocycles. The molecule has 0 fully saturated rings. The van der Waals surface area contributed by atoms with Crippen LogP contribution in [-0.4, -0.2) is 33.8 Å². The second-order valence-electron chi connectivity index (χ2n) is 4.69. The van der Waals surface area contributed by atoms with E-state index in [9.17, 15) is 5.11 Å². The normalized spacial score (nSPS) is 14.8. The van der Waals surface area contributed by atoms with Crippen molar-refractivity contribution in [3.05, 3.63) is 17.6 Å². The van der Waals surface area contributed by atoms with Crippen molar-refractivity contribution in [1.29, 1.82) is 0 Å². The lowest BCUT2D eigenvalue weighted by Gasteiger charge is -2.16. The molecule has 1 aromatic rings. The topological polar surface area (TPSA) is 84.1 Å². The number of nitrogens with zero attached hydrogens (tertiary/aromatic N) is 2. The van der Waals surface area contributed by atoms with Crippen LogP contribution in [0.15, 0.2) is 6.07 Å². The Bertz CT molecular complexity index is 366. The van der Waals surface area contributed by atoms with Gasteiger partial charge >= 0.3 is 0 Å². The van der Waals surface area contributed by atoms with Crippen molar-refractivity contribution in [2.75, 3.05) is 11.9 Å². The summed E-state index contributed by atoms with van der Waals surface area (Å²) in [6.45, 7) is 8.22. The smallest absolute Gasteiger partial charge is 0.133 e. The number of aryl methyl sites for hydroxylation is 1. The van der Waals surface area contributed by atoms with Gasteiger partial charge in [0.1, 0.15) is 11.6 Å². The van der Waals surface area contributed by atoms with Gasteiger partial charge in [-0.15, -0.1) is 0 Å². The highest BCUT2D eigenvalue weighted by atomic mass is 16.3. The van der Waals surface area contributed by atoms with Crippen LogP contribution >= 0.6 is 0 Å². The standard InChI is InChI=1S/C12H22N4O/c1-7(2)12-15-8(3)5-11(16-12)14-6-10(13)9(4)17/h5,7,9-10,17H,6,13H2,1-4H3,(H,14,15,16). The van der Waals surface area contributed by atoms with Gasteiger partial charge in [0.05, 0.1) is 6.10 Å². The highest BCUT2D eigenvalue weighted by molar-refractivity contribution is 5.36. The zero-order valence-corrected chi connectivity index (χ0v) is 10.9. The highest BCUT2D eigenvalue weighted by Crippen LogP contribution is 2.13. The van der Waals surface area contributed by atoms with Gasteiger partial charge in [-0.05, 0) is 13.8 Å². The quantitative estimate of drug-likeness (QED) is 0.713. The molecular formula is C12H22N4O. The van der Waals surface area contributed by atoms with E-state index in [2.05, 4.69) is 29.1 Å². The first kappa shape index (κ1) is 13.9. The maximum atomic E-state index is 9.30. The second kappa shape index (κ2) is 5.93. The van der Waals surface area contributed by atoms with E-state index in [1.54, 1.807) is 6.92 Å². The number of aliphatic hydroxyl groups is 1. The van der Waals surface area contributed by atoms with Gasteiger partial charge in [-0.2, -0.15) is 0 Å². The molecule has 4 N–H and O–H groups in total. The van der Waals surface area contributed by atoms with Crippen molar-refractivity contribution in [3.8, 4) is 0 Å². The third-order valence-corrected chi connectivity index (χ3v) is 2.53. The Morgan fingerprint density at radius 2 is 2.00 bits per heavy atom. The molecule has 0 radical (unpaired) electrons. The maximum Gasteiger partial charge on any atom is 0.133 e. The van der Waals surface area contributed by atoms with Crippen molar-refractivity contribution < 1.29 is 5.11 Å². The summed E-state index contributed by atoms with van der Waals surface area (Å²) in [5.74, 6) is 1.87. The van der Waals surface area contributed by atoms with E-state index >= 15 is 0 Å². The van der Waals surface area contributed by atoms with Crippen molar-refractivity contribution in [2.24, 2.45) is 5.73 Å². The fourth-order valence-electron chi connectivity index (χ4n) is 1.33. The van der Waals surface area contributed by atoms with Gasteiger partial charge in [-0.3, -0.25) is 0 Å². The van der Waals surface area contributed by atoms with Crippen molar-refractivity contribution >= 4 is 5.82 Å². The summed E-state index contributed by atoms with van der Waals surface area (Å²) in [6, 6.07) is 1.58. The Morgan fingerprint density at radius 3 is 2.53 bits per heavy atom. The average Bonchev–Trinajstić information content (AvgIpc) is 2.24. The Hall–Kier alpha value is -1.20. The highest BCUT2D eigenvalue weighted by Gasteiger charge is 2.10. The van der Waals surface area contributed by atoms with Crippen LogP contribution in [0.3, 0.4) is 0 Å². The lowest BCUT2D eigenvalue weighted by molar-refractivity contribution is 0.168. The molecule has 17 heavy (non-hydrogen) atoms. The Morgan fingerprint density at radius 1 is 1.35 bits per heavy atom. The number of hydrogen-bond acceptors (Lipinski definition) is 5. The first-order valence-electron chi connectivity index (χ1n) is 5.93. The summed E-state index contributed by atoms with van der Waals surface area (Å²) in [5, 5.41) is 12.4. The molecule has 0 amide bonds. The predicted molar refractivity (Wildman–Crippen MR) is 69.0 cm³/mol. The van der Waals surface area contributed by atoms with E-state index in [0.29, 0.717) is 12.5 Å². The summed E-state index contributed by atoms with van der Waals surface area (Å²) in [5.41, 5.74) is 6.67. The number of anilines is 1. The minimum Gasteiger partial charge on any atom is -0.392 e. The molecular weight excluding hydrogens is 216 g/mol. The van der Waals surface area contributed by atoms with Crippen molar-refractivity contribution in [1.82, 2.24) is 9.97 Å². The number of aromatic nitrogens is 2. The summed E-state index contributed by atoms with van der Waals surface area (Å²) >= 11 is 0. The van der Waals surface area contributed by atoms with Gasteiger partial charge in [-0.25, -0.2) is 9.97 Å². The average molecular weight is 238 g/mol. The first-order chi connectivity index (χ1) is 7.90. The van der Waals surface area contributed by atoms with Crippen LogP contribution in [-0.2, 0) is 0 Å². The Labute approximate surface area is 102 Å². The van der Waals surface area contributed by atoms with Crippen LogP contribution in [0.25, 0.3) is 0 Å². The third-order valence-electron chi connectivity index (χ3n) is 2.53. The molecule has 0 aliphatic carbocycles. The molecule has 2 unspecified atom stereocenters. The van der Waals surface area contributed by atoms with Gasteiger partial charge in [0, 0.05) is 30.3 Å². The summed E-state index contributed by atoms with van der Waals surface area (Å²) in [6.07, 6.45) is -0.532. The molecule has 0 aliphatic heterocycles. The van der Waals surface area contributed by atoms with Crippen LogP contribution in [0.4, 0.5) is 5.82 Å². The lowest BCUT2D eigenvalue weighted by Crippen LogP contribution is -2.38. The number of nitrogens with one attached hydrogen (secondary N) is 1. The zero-order valence-electron chi connectivity index (χ0n) is 10.9. The van der Waals surface area contributed by atoms with Crippen LogP contribution in [0, 0.1) is 6.92 Å². The van der Waals surface area contributed by atoms with Crippen LogP contribution in [0.5, 0.6) is 0 Å². The molecule has 0 bridgehead atoms. The molecule has 0 aromatic carbocycles. The fraction of sp³-hybridized carbons (Fsp3) is 0.667. The van der Waals surface area contributed by atoms with Gasteiger partial charge in [-0.1, -0.05) is 13.8 Å². The molecule has 0 aliphatic rings. The monoisotopic (exact) mass is 238 g/mol. The van der Waals surface area contributed by atoms with Gasteiger partial charge in [0.25, 0.3) is 0 Å². The van der Waals surface area contributed by atoms with Crippen LogP contribution in [0.1, 0.15) is 38.2 Å². The number of aliphatic hydroxyl groups excluding tert-OH is 1. The van der Waals surface area contributed by atoms with Gasteiger partial charge in [0.15, 0.2) is 0 Å². The Balaban J connectivity index is 2.71. The minimum atomic E-state index is -0.532. The lowest BCUT2D eigenvalue weighted by atomic mass is 10.2. The number of rotatable bonds is 5. The van der Waals surface area contributed by atoms with E-state index in [1.807, 2.05) is 13.0 Å². The molecule has 5 nitrogen and oxygen atoms in total. The number of nitrogens with two attached hydrogens (primary N) is 1. The van der Waals surface area contributed by atoms with Crippen LogP contribution in [0.2, 0.25) is 0 Å². The second-order valence-corrected chi connectivity index (χ2v) is 4.69. The van der Waals surface area contributed by atoms with Crippen LogP contribution < -0.4 is 11.1 Å². The van der Waals surface area contributed by atoms with Gasteiger partial charge in [0.2, 0.25) is 0 Å². The predicted octanol–water partition coefficient (Wildman–Crippen LogP) is 1.03. The van der Waals surface area contributed by atoms with E-state index in [0.717, 1.165) is 17.3 Å². The summed E-state index contributed by atoms with van der Waals surface area (Å²) < 4.78 is 0. The molecule has 1 rings (SSSR count). The Kier molecular flexibility index (Phi) is 4.84. The summed E-state index contributed by atoms with van der Waals surface area (Å²) in [4.78, 5) is 8.77. The SMILES string of the molecule is Cc1cc(NCC(N)C(C)O)nc(C(C)C)n1. The molecule has 5 heteroatoms. The van der Waals surface area contributed by atoms with Crippen molar-refractivity contribution in [2.45, 2.75) is 45.8 Å².